The third kappa shape index (κ3) is 4.21. The van der Waals surface area contributed by atoms with Crippen molar-refractivity contribution in [3.05, 3.63) is 39.4 Å². The van der Waals surface area contributed by atoms with Crippen molar-refractivity contribution >= 4 is 23.2 Å². The second-order valence-electron chi connectivity index (χ2n) is 4.55. The lowest BCUT2D eigenvalue weighted by Crippen LogP contribution is -2.29. The molecule has 0 saturated heterocycles. The maximum atomic E-state index is 12.2. The molecule has 0 spiro atoms. The summed E-state index contributed by atoms with van der Waals surface area (Å²) in [5.41, 5.74) is 1.01. The molecule has 0 bridgehead atoms. The van der Waals surface area contributed by atoms with Crippen molar-refractivity contribution in [2.45, 2.75) is 25.6 Å². The summed E-state index contributed by atoms with van der Waals surface area (Å²) in [5, 5.41) is 10.7. The van der Waals surface area contributed by atoms with Gasteiger partial charge in [0.25, 0.3) is 11.6 Å². The highest BCUT2D eigenvalue weighted by Crippen LogP contribution is 2.19. The number of alkyl halides is 1. The molecule has 0 fully saturated rings. The minimum absolute atomic E-state index is 0.0125. The molecule has 0 aliphatic heterocycles. The first kappa shape index (κ1) is 15.4. The van der Waals surface area contributed by atoms with E-state index in [0.717, 1.165) is 5.56 Å². The first-order valence-electron chi connectivity index (χ1n) is 5.97. The van der Waals surface area contributed by atoms with Gasteiger partial charge in [-0.25, -0.2) is 0 Å². The number of halogens is 1. The van der Waals surface area contributed by atoms with Crippen LogP contribution in [0, 0.1) is 17.0 Å². The van der Waals surface area contributed by atoms with Crippen LogP contribution in [0.3, 0.4) is 0 Å². The molecular weight excluding hydrogens is 268 g/mol. The van der Waals surface area contributed by atoms with Gasteiger partial charge in [0.15, 0.2) is 0 Å². The van der Waals surface area contributed by atoms with Crippen LogP contribution in [0.15, 0.2) is 18.2 Å². The highest BCUT2D eigenvalue weighted by molar-refractivity contribution is 6.20. The minimum atomic E-state index is -0.503. The smallest absolute Gasteiger partial charge is 0.270 e. The fourth-order valence-corrected chi connectivity index (χ4v) is 1.73. The van der Waals surface area contributed by atoms with Crippen molar-refractivity contribution in [3.63, 3.8) is 0 Å². The zero-order valence-corrected chi connectivity index (χ0v) is 12.0. The van der Waals surface area contributed by atoms with E-state index < -0.39 is 4.92 Å². The fraction of sp³-hybridized carbons (Fsp3) is 0.462. The standard InChI is InChI=1S/C13H17ClN2O3/c1-9-4-5-11(16(18)19)8-12(9)13(17)15(3)7-6-10(2)14/h4-5,8,10H,6-7H2,1-3H3. The molecule has 1 aromatic carbocycles. The Labute approximate surface area is 117 Å². The Bertz CT molecular complexity index is 489. The number of rotatable bonds is 5. The second kappa shape index (κ2) is 6.52. The number of carbonyl (C=O) groups is 1. The second-order valence-corrected chi connectivity index (χ2v) is 5.30. The van der Waals surface area contributed by atoms with E-state index in [0.29, 0.717) is 18.5 Å². The number of nitro benzene ring substituents is 1. The summed E-state index contributed by atoms with van der Waals surface area (Å²) in [6.45, 7) is 4.14. The van der Waals surface area contributed by atoms with Crippen LogP contribution in [0.2, 0.25) is 0 Å². The van der Waals surface area contributed by atoms with E-state index in [-0.39, 0.29) is 17.0 Å². The highest BCUT2D eigenvalue weighted by Gasteiger charge is 2.18. The van der Waals surface area contributed by atoms with Crippen LogP contribution < -0.4 is 0 Å². The Morgan fingerprint density at radius 3 is 2.68 bits per heavy atom. The summed E-state index contributed by atoms with van der Waals surface area (Å²) < 4.78 is 0. The molecule has 1 rings (SSSR count). The van der Waals surface area contributed by atoms with E-state index in [1.54, 1.807) is 20.0 Å². The highest BCUT2D eigenvalue weighted by atomic mass is 35.5. The summed E-state index contributed by atoms with van der Waals surface area (Å²) in [7, 11) is 1.67. The number of nitro groups is 1. The predicted molar refractivity (Wildman–Crippen MR) is 74.7 cm³/mol. The molecule has 1 amide bonds. The van der Waals surface area contributed by atoms with Crippen molar-refractivity contribution in [2.75, 3.05) is 13.6 Å². The van der Waals surface area contributed by atoms with Crippen molar-refractivity contribution in [3.8, 4) is 0 Å². The normalized spacial score (nSPS) is 12.0. The summed E-state index contributed by atoms with van der Waals surface area (Å²) in [6, 6.07) is 4.30. The Morgan fingerprint density at radius 1 is 1.53 bits per heavy atom. The molecule has 0 aromatic heterocycles. The van der Waals surface area contributed by atoms with Crippen LogP contribution in [0.5, 0.6) is 0 Å². The third-order valence-electron chi connectivity index (χ3n) is 2.87. The molecule has 6 heteroatoms. The van der Waals surface area contributed by atoms with E-state index >= 15 is 0 Å². The van der Waals surface area contributed by atoms with Gasteiger partial charge in [0.1, 0.15) is 0 Å². The molecule has 19 heavy (non-hydrogen) atoms. The van der Waals surface area contributed by atoms with Crippen molar-refractivity contribution < 1.29 is 9.72 Å². The third-order valence-corrected chi connectivity index (χ3v) is 3.09. The van der Waals surface area contributed by atoms with Gasteiger partial charge in [0, 0.05) is 36.7 Å². The van der Waals surface area contributed by atoms with E-state index in [2.05, 4.69) is 0 Å². The van der Waals surface area contributed by atoms with Crippen LogP contribution >= 0.6 is 11.6 Å². The molecule has 0 saturated carbocycles. The minimum Gasteiger partial charge on any atom is -0.342 e. The lowest BCUT2D eigenvalue weighted by Gasteiger charge is -2.18. The number of carbonyl (C=O) groups excluding carboxylic acids is 1. The van der Waals surface area contributed by atoms with Crippen LogP contribution in [-0.2, 0) is 0 Å². The van der Waals surface area contributed by atoms with Gasteiger partial charge in [-0.15, -0.1) is 11.6 Å². The number of hydrogen-bond acceptors (Lipinski definition) is 3. The lowest BCUT2D eigenvalue weighted by atomic mass is 10.1. The predicted octanol–water partition coefficient (Wildman–Crippen LogP) is 2.99. The number of amides is 1. The maximum absolute atomic E-state index is 12.2. The van der Waals surface area contributed by atoms with Gasteiger partial charge in [-0.05, 0) is 25.8 Å². The molecule has 1 atom stereocenters. The number of benzene rings is 1. The average Bonchev–Trinajstić information content (AvgIpc) is 2.35. The molecule has 5 nitrogen and oxygen atoms in total. The Kier molecular flexibility index (Phi) is 5.30. The number of nitrogens with zero attached hydrogens (tertiary/aromatic N) is 2. The zero-order valence-electron chi connectivity index (χ0n) is 11.2. The molecule has 0 aliphatic rings. The summed E-state index contributed by atoms with van der Waals surface area (Å²) in [4.78, 5) is 24.0. The first-order valence-corrected chi connectivity index (χ1v) is 6.41. The average molecular weight is 285 g/mol. The summed E-state index contributed by atoms with van der Waals surface area (Å²) in [5.74, 6) is -0.224. The molecule has 0 radical (unpaired) electrons. The van der Waals surface area contributed by atoms with Gasteiger partial charge in [-0.3, -0.25) is 14.9 Å². The van der Waals surface area contributed by atoms with Crippen LogP contribution in [0.1, 0.15) is 29.3 Å². The van der Waals surface area contributed by atoms with Gasteiger partial charge < -0.3 is 4.90 Å². The summed E-state index contributed by atoms with van der Waals surface area (Å²) >= 11 is 5.84. The van der Waals surface area contributed by atoms with Crippen LogP contribution in [0.25, 0.3) is 0 Å². The quantitative estimate of drug-likeness (QED) is 0.474. The van der Waals surface area contributed by atoms with E-state index in [1.165, 1.54) is 17.0 Å². The van der Waals surface area contributed by atoms with Crippen LogP contribution in [0.4, 0.5) is 5.69 Å². The summed E-state index contributed by atoms with van der Waals surface area (Å²) in [6.07, 6.45) is 0.678. The molecule has 1 unspecified atom stereocenters. The Morgan fingerprint density at radius 2 is 2.16 bits per heavy atom. The first-order chi connectivity index (χ1) is 8.82. The zero-order chi connectivity index (χ0) is 14.6. The number of non-ortho nitro benzene ring substituents is 1. The molecular formula is C13H17ClN2O3. The van der Waals surface area contributed by atoms with Crippen molar-refractivity contribution in [1.82, 2.24) is 4.90 Å². The van der Waals surface area contributed by atoms with Crippen LogP contribution in [-0.4, -0.2) is 34.7 Å². The monoisotopic (exact) mass is 284 g/mol. The van der Waals surface area contributed by atoms with Gasteiger partial charge >= 0.3 is 0 Å². The van der Waals surface area contributed by atoms with Gasteiger partial charge in [0.2, 0.25) is 0 Å². The molecule has 104 valence electrons. The van der Waals surface area contributed by atoms with Gasteiger partial charge in [-0.1, -0.05) is 6.07 Å². The topological polar surface area (TPSA) is 63.5 Å². The maximum Gasteiger partial charge on any atom is 0.270 e. The van der Waals surface area contributed by atoms with Crippen molar-refractivity contribution in [1.29, 1.82) is 0 Å². The molecule has 0 N–H and O–H groups in total. The van der Waals surface area contributed by atoms with E-state index in [1.807, 2.05) is 6.92 Å². The van der Waals surface area contributed by atoms with Gasteiger partial charge in [-0.2, -0.15) is 0 Å². The number of aryl methyl sites for hydroxylation is 1. The number of hydrogen-bond donors (Lipinski definition) is 0. The Balaban J connectivity index is 2.92. The van der Waals surface area contributed by atoms with Crippen molar-refractivity contribution in [2.24, 2.45) is 0 Å². The van der Waals surface area contributed by atoms with Gasteiger partial charge in [0.05, 0.1) is 4.92 Å². The largest absolute Gasteiger partial charge is 0.342 e. The van der Waals surface area contributed by atoms with E-state index in [9.17, 15) is 14.9 Å². The molecule has 0 heterocycles. The fourth-order valence-electron chi connectivity index (χ4n) is 1.63. The lowest BCUT2D eigenvalue weighted by molar-refractivity contribution is -0.384. The van der Waals surface area contributed by atoms with E-state index in [4.69, 9.17) is 11.6 Å². The molecule has 1 aromatic rings. The molecule has 0 aliphatic carbocycles. The SMILES string of the molecule is Cc1ccc([N+](=O)[O-])cc1C(=O)N(C)CCC(C)Cl. The Hall–Kier alpha value is -1.62.